The summed E-state index contributed by atoms with van der Waals surface area (Å²) in [5.74, 6) is 2.20. The molecule has 0 spiro atoms. The van der Waals surface area contributed by atoms with Crippen molar-refractivity contribution in [2.24, 2.45) is 0 Å². The van der Waals surface area contributed by atoms with Crippen LogP contribution in [0.1, 0.15) is 43.0 Å². The van der Waals surface area contributed by atoms with Crippen LogP contribution in [0.15, 0.2) is 42.5 Å². The second-order valence-electron chi connectivity index (χ2n) is 5.49. The Morgan fingerprint density at radius 2 is 1.75 bits per heavy atom. The highest BCUT2D eigenvalue weighted by Crippen LogP contribution is 2.40. The first kappa shape index (κ1) is 17.9. The minimum absolute atomic E-state index is 0.483. The maximum absolute atomic E-state index is 11.2. The van der Waals surface area contributed by atoms with E-state index in [0.717, 1.165) is 19.1 Å². The maximum Gasteiger partial charge on any atom is 0.204 e. The molecule has 0 bridgehead atoms. The molecule has 0 saturated carbocycles. The van der Waals surface area contributed by atoms with Gasteiger partial charge >= 0.3 is 0 Å². The Labute approximate surface area is 143 Å². The first-order valence-electron chi connectivity index (χ1n) is 8.31. The molecule has 4 nitrogen and oxygen atoms in total. The number of ether oxygens (including phenoxy) is 3. The van der Waals surface area contributed by atoms with Gasteiger partial charge < -0.3 is 14.2 Å². The average Bonchev–Trinajstić information content (AvgIpc) is 2.63. The van der Waals surface area contributed by atoms with Crippen molar-refractivity contribution in [2.45, 2.75) is 32.6 Å². The highest BCUT2D eigenvalue weighted by Gasteiger charge is 2.15. The monoisotopic (exact) mass is 328 g/mol. The molecule has 2 rings (SSSR count). The second-order valence-corrected chi connectivity index (χ2v) is 5.49. The molecule has 0 aromatic heterocycles. The van der Waals surface area contributed by atoms with Crippen LogP contribution >= 0.6 is 0 Å². The number of aldehydes is 1. The van der Waals surface area contributed by atoms with E-state index in [1.807, 2.05) is 30.3 Å². The van der Waals surface area contributed by atoms with Crippen LogP contribution in [0.3, 0.4) is 0 Å². The van der Waals surface area contributed by atoms with Crippen LogP contribution in [0.5, 0.6) is 23.0 Å². The topological polar surface area (TPSA) is 44.8 Å². The Hall–Kier alpha value is -2.49. The summed E-state index contributed by atoms with van der Waals surface area (Å²) in [6.07, 6.45) is 5.24. The van der Waals surface area contributed by atoms with Crippen molar-refractivity contribution in [1.82, 2.24) is 0 Å². The lowest BCUT2D eigenvalue weighted by atomic mass is 10.2. The summed E-state index contributed by atoms with van der Waals surface area (Å²) in [6, 6.07) is 12.7. The van der Waals surface area contributed by atoms with E-state index in [-0.39, 0.29) is 0 Å². The molecule has 0 amide bonds. The second kappa shape index (κ2) is 9.60. The van der Waals surface area contributed by atoms with Gasteiger partial charge in [-0.1, -0.05) is 44.4 Å². The molecule has 0 saturated heterocycles. The first-order chi connectivity index (χ1) is 11.8. The van der Waals surface area contributed by atoms with E-state index >= 15 is 0 Å². The van der Waals surface area contributed by atoms with Crippen molar-refractivity contribution in [1.29, 1.82) is 0 Å². The van der Waals surface area contributed by atoms with Gasteiger partial charge in [-0.25, -0.2) is 0 Å². The van der Waals surface area contributed by atoms with E-state index in [0.29, 0.717) is 35.2 Å². The van der Waals surface area contributed by atoms with Crippen LogP contribution < -0.4 is 14.2 Å². The predicted octanol–water partition coefficient (Wildman–Crippen LogP) is 5.26. The Morgan fingerprint density at radius 3 is 2.42 bits per heavy atom. The minimum atomic E-state index is 0.483. The summed E-state index contributed by atoms with van der Waals surface area (Å²) in [4.78, 5) is 11.2. The van der Waals surface area contributed by atoms with Gasteiger partial charge in [-0.05, 0) is 30.7 Å². The predicted molar refractivity (Wildman–Crippen MR) is 94.5 cm³/mol. The molecule has 0 unspecified atom stereocenters. The molecule has 0 heterocycles. The van der Waals surface area contributed by atoms with Crippen molar-refractivity contribution in [3.05, 3.63) is 48.0 Å². The lowest BCUT2D eigenvalue weighted by Crippen LogP contribution is -2.02. The van der Waals surface area contributed by atoms with Crippen LogP contribution in [-0.4, -0.2) is 20.0 Å². The molecule has 0 fully saturated rings. The summed E-state index contributed by atoms with van der Waals surface area (Å²) < 4.78 is 17.2. The van der Waals surface area contributed by atoms with Crippen molar-refractivity contribution in [2.75, 3.05) is 13.7 Å². The number of methoxy groups -OCH3 is 1. The van der Waals surface area contributed by atoms with Gasteiger partial charge in [-0.3, -0.25) is 4.79 Å². The molecule has 0 atom stereocenters. The van der Waals surface area contributed by atoms with Gasteiger partial charge in [0.1, 0.15) is 12.0 Å². The van der Waals surface area contributed by atoms with Gasteiger partial charge in [0.25, 0.3) is 0 Å². The SMILES string of the molecule is CCCCCCOc1c(OC)cc(C=O)cc1Oc1ccccc1. The van der Waals surface area contributed by atoms with Crippen molar-refractivity contribution < 1.29 is 19.0 Å². The molecule has 4 heteroatoms. The highest BCUT2D eigenvalue weighted by molar-refractivity contribution is 5.78. The van der Waals surface area contributed by atoms with E-state index in [1.165, 1.54) is 12.8 Å². The summed E-state index contributed by atoms with van der Waals surface area (Å²) in [5, 5.41) is 0. The summed E-state index contributed by atoms with van der Waals surface area (Å²) in [5.41, 5.74) is 0.483. The van der Waals surface area contributed by atoms with E-state index in [1.54, 1.807) is 19.2 Å². The zero-order valence-corrected chi connectivity index (χ0v) is 14.3. The van der Waals surface area contributed by atoms with Gasteiger partial charge in [0, 0.05) is 5.56 Å². The number of hydrogen-bond acceptors (Lipinski definition) is 4. The first-order valence-corrected chi connectivity index (χ1v) is 8.31. The number of hydrogen-bond donors (Lipinski definition) is 0. The van der Waals surface area contributed by atoms with E-state index in [9.17, 15) is 4.79 Å². The van der Waals surface area contributed by atoms with Gasteiger partial charge in [-0.15, -0.1) is 0 Å². The lowest BCUT2D eigenvalue weighted by molar-refractivity contribution is 0.112. The maximum atomic E-state index is 11.2. The lowest BCUT2D eigenvalue weighted by Gasteiger charge is -2.16. The standard InChI is InChI=1S/C20H24O4/c1-3-4-5-9-12-23-20-18(22-2)13-16(15-21)14-19(20)24-17-10-7-6-8-11-17/h6-8,10-11,13-15H,3-5,9,12H2,1-2H3. The van der Waals surface area contributed by atoms with E-state index in [4.69, 9.17) is 14.2 Å². The third-order valence-corrected chi connectivity index (χ3v) is 3.61. The van der Waals surface area contributed by atoms with Gasteiger partial charge in [-0.2, -0.15) is 0 Å². The molecule has 0 radical (unpaired) electrons. The van der Waals surface area contributed by atoms with Crippen LogP contribution in [-0.2, 0) is 0 Å². The zero-order chi connectivity index (χ0) is 17.2. The van der Waals surface area contributed by atoms with Crippen LogP contribution in [0, 0.1) is 0 Å². The van der Waals surface area contributed by atoms with E-state index < -0.39 is 0 Å². The smallest absolute Gasteiger partial charge is 0.204 e. The normalized spacial score (nSPS) is 10.2. The summed E-state index contributed by atoms with van der Waals surface area (Å²) >= 11 is 0. The number of rotatable bonds is 10. The molecule has 24 heavy (non-hydrogen) atoms. The third kappa shape index (κ3) is 5.01. The van der Waals surface area contributed by atoms with Crippen molar-refractivity contribution in [3.63, 3.8) is 0 Å². The Morgan fingerprint density at radius 1 is 1.00 bits per heavy atom. The molecule has 0 aliphatic heterocycles. The van der Waals surface area contributed by atoms with E-state index in [2.05, 4.69) is 6.92 Å². The molecule has 2 aromatic rings. The average molecular weight is 328 g/mol. The quantitative estimate of drug-likeness (QED) is 0.441. The van der Waals surface area contributed by atoms with Crippen molar-refractivity contribution in [3.8, 4) is 23.0 Å². The number of carbonyl (C=O) groups excluding carboxylic acids is 1. The number of carbonyl (C=O) groups is 1. The number of unbranched alkanes of at least 4 members (excludes halogenated alkanes) is 3. The van der Waals surface area contributed by atoms with Gasteiger partial charge in [0.05, 0.1) is 13.7 Å². The Balaban J connectivity index is 2.22. The summed E-state index contributed by atoms with van der Waals surface area (Å²) in [6.45, 7) is 2.76. The summed E-state index contributed by atoms with van der Waals surface area (Å²) in [7, 11) is 1.56. The zero-order valence-electron chi connectivity index (χ0n) is 14.3. The van der Waals surface area contributed by atoms with Crippen LogP contribution in [0.2, 0.25) is 0 Å². The van der Waals surface area contributed by atoms with Crippen LogP contribution in [0.4, 0.5) is 0 Å². The molecule has 2 aromatic carbocycles. The van der Waals surface area contributed by atoms with Crippen molar-refractivity contribution >= 4 is 6.29 Å². The molecule has 0 aliphatic carbocycles. The largest absolute Gasteiger partial charge is 0.493 e. The van der Waals surface area contributed by atoms with Gasteiger partial charge in [0.2, 0.25) is 5.75 Å². The molecular weight excluding hydrogens is 304 g/mol. The fourth-order valence-corrected chi connectivity index (χ4v) is 2.35. The number of benzene rings is 2. The minimum Gasteiger partial charge on any atom is -0.493 e. The fraction of sp³-hybridized carbons (Fsp3) is 0.350. The Bertz CT molecular complexity index is 638. The number of para-hydroxylation sites is 1. The molecule has 0 N–H and O–H groups in total. The fourth-order valence-electron chi connectivity index (χ4n) is 2.35. The highest BCUT2D eigenvalue weighted by atomic mass is 16.5. The van der Waals surface area contributed by atoms with Gasteiger partial charge in [0.15, 0.2) is 11.5 Å². The molecular formula is C20H24O4. The Kier molecular flexibility index (Phi) is 7.15. The third-order valence-electron chi connectivity index (χ3n) is 3.61. The molecule has 128 valence electrons. The molecule has 0 aliphatic rings. The van der Waals surface area contributed by atoms with Crippen LogP contribution in [0.25, 0.3) is 0 Å².